The summed E-state index contributed by atoms with van der Waals surface area (Å²) in [6.45, 7) is 6.28. The molecular formula is C56H90O6. The fraction of sp³-hybridized carbons (Fsp3) is 0.625. The molecule has 0 spiro atoms. The normalized spacial score (nSPS) is 13.0. The third kappa shape index (κ3) is 47.1. The van der Waals surface area contributed by atoms with E-state index in [0.29, 0.717) is 19.3 Å². The van der Waals surface area contributed by atoms with Crippen molar-refractivity contribution in [1.82, 2.24) is 0 Å². The summed E-state index contributed by atoms with van der Waals surface area (Å²) in [6.07, 6.45) is 66.5. The second-order valence-corrected chi connectivity index (χ2v) is 16.0. The minimum Gasteiger partial charge on any atom is -0.462 e. The van der Waals surface area contributed by atoms with Crippen molar-refractivity contribution < 1.29 is 28.6 Å². The number of esters is 3. The van der Waals surface area contributed by atoms with Crippen LogP contribution in [-0.2, 0) is 28.6 Å². The average molecular weight is 859 g/mol. The van der Waals surface area contributed by atoms with Gasteiger partial charge in [-0.3, -0.25) is 14.4 Å². The van der Waals surface area contributed by atoms with Gasteiger partial charge in [-0.2, -0.15) is 0 Å². The van der Waals surface area contributed by atoms with Gasteiger partial charge in [0.15, 0.2) is 6.10 Å². The monoisotopic (exact) mass is 859 g/mol. The van der Waals surface area contributed by atoms with Gasteiger partial charge in [0.1, 0.15) is 13.2 Å². The molecule has 62 heavy (non-hydrogen) atoms. The van der Waals surface area contributed by atoms with Gasteiger partial charge < -0.3 is 14.2 Å². The van der Waals surface area contributed by atoms with Crippen LogP contribution in [0.25, 0.3) is 0 Å². The first-order chi connectivity index (χ1) is 30.5. The van der Waals surface area contributed by atoms with E-state index in [2.05, 4.69) is 124 Å². The largest absolute Gasteiger partial charge is 0.462 e. The molecule has 0 aliphatic rings. The molecule has 0 aliphatic heterocycles. The smallest absolute Gasteiger partial charge is 0.306 e. The quantitative estimate of drug-likeness (QED) is 0.0200. The molecule has 350 valence electrons. The van der Waals surface area contributed by atoms with Crippen molar-refractivity contribution in [3.05, 3.63) is 109 Å². The summed E-state index contributed by atoms with van der Waals surface area (Å²) in [6, 6.07) is 0. The van der Waals surface area contributed by atoms with Gasteiger partial charge in [0.25, 0.3) is 0 Å². The Kier molecular flexibility index (Phi) is 46.6. The molecule has 0 bridgehead atoms. The van der Waals surface area contributed by atoms with Crippen LogP contribution >= 0.6 is 0 Å². The first-order valence-electron chi connectivity index (χ1n) is 24.9. The Morgan fingerprint density at radius 2 is 0.726 bits per heavy atom. The molecule has 6 nitrogen and oxygen atoms in total. The zero-order valence-corrected chi connectivity index (χ0v) is 39.8. The van der Waals surface area contributed by atoms with E-state index in [-0.39, 0.29) is 37.5 Å². The predicted molar refractivity (Wildman–Crippen MR) is 265 cm³/mol. The molecule has 0 aromatic carbocycles. The summed E-state index contributed by atoms with van der Waals surface area (Å²) < 4.78 is 16.7. The van der Waals surface area contributed by atoms with Crippen molar-refractivity contribution in [2.45, 2.75) is 213 Å². The zero-order chi connectivity index (χ0) is 45.1. The summed E-state index contributed by atoms with van der Waals surface area (Å²) in [5.74, 6) is -1.00. The Labute approximate surface area is 380 Å². The van der Waals surface area contributed by atoms with Crippen LogP contribution in [0.3, 0.4) is 0 Å². The lowest BCUT2D eigenvalue weighted by Gasteiger charge is -2.18. The predicted octanol–water partition coefficient (Wildman–Crippen LogP) is 16.4. The second-order valence-electron chi connectivity index (χ2n) is 16.0. The van der Waals surface area contributed by atoms with Crippen molar-refractivity contribution in [2.75, 3.05) is 13.2 Å². The molecule has 0 amide bonds. The van der Waals surface area contributed by atoms with Crippen LogP contribution in [0.15, 0.2) is 109 Å². The van der Waals surface area contributed by atoms with E-state index in [1.165, 1.54) is 51.4 Å². The van der Waals surface area contributed by atoms with E-state index in [1.807, 2.05) is 6.08 Å². The van der Waals surface area contributed by atoms with Crippen molar-refractivity contribution in [1.29, 1.82) is 0 Å². The Balaban J connectivity index is 4.53. The fourth-order valence-electron chi connectivity index (χ4n) is 6.35. The van der Waals surface area contributed by atoms with Crippen LogP contribution in [0.1, 0.15) is 207 Å². The number of unbranched alkanes of at least 4 members (excludes halogenated alkanes) is 16. The second kappa shape index (κ2) is 49.7. The lowest BCUT2D eigenvalue weighted by atomic mass is 10.1. The molecule has 0 saturated carbocycles. The van der Waals surface area contributed by atoms with Gasteiger partial charge in [-0.1, -0.05) is 194 Å². The molecule has 0 saturated heterocycles. The van der Waals surface area contributed by atoms with Gasteiger partial charge in [-0.15, -0.1) is 0 Å². The highest BCUT2D eigenvalue weighted by molar-refractivity contribution is 5.71. The molecule has 6 heteroatoms. The van der Waals surface area contributed by atoms with Gasteiger partial charge in [0.05, 0.1) is 0 Å². The molecular weight excluding hydrogens is 769 g/mol. The highest BCUT2D eigenvalue weighted by atomic mass is 16.6. The molecule has 1 atom stereocenters. The number of hydrogen-bond acceptors (Lipinski definition) is 6. The topological polar surface area (TPSA) is 78.9 Å². The molecule has 0 aromatic rings. The van der Waals surface area contributed by atoms with Crippen LogP contribution < -0.4 is 0 Å². The van der Waals surface area contributed by atoms with Gasteiger partial charge in [0, 0.05) is 19.3 Å². The van der Waals surface area contributed by atoms with Crippen molar-refractivity contribution in [3.8, 4) is 0 Å². The van der Waals surface area contributed by atoms with E-state index in [0.717, 1.165) is 109 Å². The van der Waals surface area contributed by atoms with E-state index < -0.39 is 6.10 Å². The Morgan fingerprint density at radius 1 is 0.355 bits per heavy atom. The number of allylic oxidation sites excluding steroid dienone is 18. The lowest BCUT2D eigenvalue weighted by Crippen LogP contribution is -2.30. The standard InChI is InChI=1S/C56H90O6/c1-4-7-10-13-16-19-22-25-27-28-29-32-34-37-40-43-46-49-55(58)61-52-53(51-60-54(57)48-45-42-39-36-33-30-24-21-18-15-12-9-6-3)62-56(59)50-47-44-41-38-35-31-26-23-20-17-14-11-8-5-2/h8-9,11-12,15-21,24-25,27,29,32,37,40,53H,4-7,10,13-14,22-23,26,28,30-31,33-36,38-39,41-52H2,1-3H3/b11-8+,12-9+,18-15+,19-16+,20-17+,24-21+,27-25+,32-29+,40-37+. The molecule has 0 heterocycles. The molecule has 0 N–H and O–H groups in total. The number of ether oxygens (including phenoxy) is 3. The third-order valence-corrected chi connectivity index (χ3v) is 10.1. The molecule has 0 radical (unpaired) electrons. The maximum absolute atomic E-state index is 12.8. The first kappa shape index (κ1) is 58.1. The van der Waals surface area contributed by atoms with Gasteiger partial charge >= 0.3 is 17.9 Å². The van der Waals surface area contributed by atoms with Gasteiger partial charge in [-0.25, -0.2) is 0 Å². The van der Waals surface area contributed by atoms with E-state index in [4.69, 9.17) is 14.2 Å². The van der Waals surface area contributed by atoms with Crippen molar-refractivity contribution in [3.63, 3.8) is 0 Å². The maximum atomic E-state index is 12.8. The van der Waals surface area contributed by atoms with Crippen LogP contribution in [0, 0.1) is 0 Å². The lowest BCUT2D eigenvalue weighted by molar-refractivity contribution is -0.167. The highest BCUT2D eigenvalue weighted by Gasteiger charge is 2.19. The van der Waals surface area contributed by atoms with Gasteiger partial charge in [0.2, 0.25) is 0 Å². The van der Waals surface area contributed by atoms with E-state index in [1.54, 1.807) is 0 Å². The minimum absolute atomic E-state index is 0.111. The number of carbonyl (C=O) groups is 3. The Hall–Kier alpha value is -3.93. The Bertz CT molecular complexity index is 1310. The van der Waals surface area contributed by atoms with Crippen LogP contribution in [0.2, 0.25) is 0 Å². The molecule has 1 unspecified atom stereocenters. The number of carbonyl (C=O) groups excluding carboxylic acids is 3. The summed E-state index contributed by atoms with van der Waals surface area (Å²) in [5.41, 5.74) is 0. The average Bonchev–Trinajstić information content (AvgIpc) is 3.27. The van der Waals surface area contributed by atoms with Crippen LogP contribution in [-0.4, -0.2) is 37.2 Å². The summed E-state index contributed by atoms with van der Waals surface area (Å²) in [7, 11) is 0. The first-order valence-corrected chi connectivity index (χ1v) is 24.9. The minimum atomic E-state index is -0.814. The summed E-state index contributed by atoms with van der Waals surface area (Å²) in [5, 5.41) is 0. The zero-order valence-electron chi connectivity index (χ0n) is 39.8. The highest BCUT2D eigenvalue weighted by Crippen LogP contribution is 2.13. The molecule has 0 fully saturated rings. The van der Waals surface area contributed by atoms with E-state index >= 15 is 0 Å². The SMILES string of the molecule is CC/C=C/C=C/C=C/CCCCCCCC(=O)OCC(COC(=O)CCC/C=C/C/C=C/C/C=C/C/C=C/CCCCC)OC(=O)CCCCCCCCC/C=C/C/C=C/CC. The third-order valence-electron chi connectivity index (χ3n) is 10.1. The molecule has 0 rings (SSSR count). The molecule has 0 aromatic heterocycles. The Morgan fingerprint density at radius 3 is 1.23 bits per heavy atom. The molecule has 0 aliphatic carbocycles. The van der Waals surface area contributed by atoms with Crippen molar-refractivity contribution >= 4 is 17.9 Å². The van der Waals surface area contributed by atoms with Crippen LogP contribution in [0.5, 0.6) is 0 Å². The number of rotatable bonds is 43. The fourth-order valence-corrected chi connectivity index (χ4v) is 6.35. The number of hydrogen-bond donors (Lipinski definition) is 0. The van der Waals surface area contributed by atoms with E-state index in [9.17, 15) is 14.4 Å². The summed E-state index contributed by atoms with van der Waals surface area (Å²) >= 11 is 0. The van der Waals surface area contributed by atoms with Gasteiger partial charge in [-0.05, 0) is 103 Å². The van der Waals surface area contributed by atoms with Crippen LogP contribution in [0.4, 0.5) is 0 Å². The van der Waals surface area contributed by atoms with Crippen molar-refractivity contribution in [2.24, 2.45) is 0 Å². The maximum Gasteiger partial charge on any atom is 0.306 e. The summed E-state index contributed by atoms with van der Waals surface area (Å²) in [4.78, 5) is 37.9.